The molecule has 0 aromatic rings. The summed E-state index contributed by atoms with van der Waals surface area (Å²) in [5.74, 6) is 1.67. The highest BCUT2D eigenvalue weighted by Crippen LogP contribution is 2.40. The minimum absolute atomic E-state index is 0. The molecule has 2 unspecified atom stereocenters. The molecular formula is C15H29ClN2O2S. The summed E-state index contributed by atoms with van der Waals surface area (Å²) in [6.07, 6.45) is 10.1. The van der Waals surface area contributed by atoms with Crippen LogP contribution in [0.4, 0.5) is 0 Å². The zero-order valence-corrected chi connectivity index (χ0v) is 14.3. The van der Waals surface area contributed by atoms with Crippen molar-refractivity contribution in [2.45, 2.75) is 69.9 Å². The van der Waals surface area contributed by atoms with E-state index in [2.05, 4.69) is 4.72 Å². The number of hydrogen-bond acceptors (Lipinski definition) is 3. The maximum atomic E-state index is 12.4. The van der Waals surface area contributed by atoms with Crippen molar-refractivity contribution < 1.29 is 8.42 Å². The summed E-state index contributed by atoms with van der Waals surface area (Å²) < 4.78 is 27.9. The molecule has 0 saturated heterocycles. The van der Waals surface area contributed by atoms with E-state index >= 15 is 0 Å². The number of fused-ring (bicyclic) bond motifs is 2. The van der Waals surface area contributed by atoms with Crippen LogP contribution in [-0.2, 0) is 10.0 Å². The van der Waals surface area contributed by atoms with Crippen molar-refractivity contribution in [1.82, 2.24) is 4.72 Å². The molecule has 0 heterocycles. The first-order valence-corrected chi connectivity index (χ1v) is 9.94. The fraction of sp³-hybridized carbons (Fsp3) is 1.00. The lowest BCUT2D eigenvalue weighted by Gasteiger charge is -2.45. The Kier molecular flexibility index (Phi) is 5.97. The zero-order chi connectivity index (χ0) is 14.2. The van der Waals surface area contributed by atoms with E-state index in [1.54, 1.807) is 0 Å². The molecule has 2 bridgehead atoms. The van der Waals surface area contributed by atoms with Crippen molar-refractivity contribution in [3.05, 3.63) is 0 Å². The summed E-state index contributed by atoms with van der Waals surface area (Å²) in [6.45, 7) is 0. The van der Waals surface area contributed by atoms with Crippen molar-refractivity contribution >= 4 is 22.4 Å². The van der Waals surface area contributed by atoms with E-state index in [1.807, 2.05) is 0 Å². The molecule has 0 aromatic heterocycles. The molecule has 21 heavy (non-hydrogen) atoms. The number of hydrogen-bond donors (Lipinski definition) is 2. The fourth-order valence-electron chi connectivity index (χ4n) is 4.72. The molecule has 0 spiro atoms. The lowest BCUT2D eigenvalue weighted by molar-refractivity contribution is 0.125. The van der Waals surface area contributed by atoms with Gasteiger partial charge in [-0.1, -0.05) is 19.3 Å². The van der Waals surface area contributed by atoms with E-state index < -0.39 is 10.0 Å². The third-order valence-corrected chi connectivity index (χ3v) is 7.16. The second kappa shape index (κ2) is 7.16. The first kappa shape index (κ1) is 17.5. The van der Waals surface area contributed by atoms with Gasteiger partial charge in [-0.15, -0.1) is 12.4 Å². The molecule has 3 aliphatic rings. The van der Waals surface area contributed by atoms with Gasteiger partial charge in [-0.05, 0) is 56.3 Å². The average molecular weight is 337 g/mol. The summed E-state index contributed by atoms with van der Waals surface area (Å²) in [7, 11) is -3.11. The van der Waals surface area contributed by atoms with Crippen molar-refractivity contribution in [3.8, 4) is 0 Å². The topological polar surface area (TPSA) is 72.2 Å². The molecule has 0 amide bonds. The highest BCUT2D eigenvalue weighted by molar-refractivity contribution is 7.89. The Balaban J connectivity index is 0.00000161. The SMILES string of the molecule is Cl.NC1CC2CCCC(C1)C2NS(=O)(=O)CC1CCCC1. The number of nitrogens with one attached hydrogen (secondary N) is 1. The maximum absolute atomic E-state index is 12.4. The molecule has 3 N–H and O–H groups in total. The fourth-order valence-corrected chi connectivity index (χ4v) is 6.57. The first-order valence-electron chi connectivity index (χ1n) is 8.29. The van der Waals surface area contributed by atoms with Gasteiger partial charge < -0.3 is 5.73 Å². The Morgan fingerprint density at radius 1 is 0.952 bits per heavy atom. The van der Waals surface area contributed by atoms with Crippen molar-refractivity contribution in [2.75, 3.05) is 5.75 Å². The Bertz CT molecular complexity index is 423. The van der Waals surface area contributed by atoms with Gasteiger partial charge in [0.2, 0.25) is 10.0 Å². The van der Waals surface area contributed by atoms with Crippen molar-refractivity contribution in [1.29, 1.82) is 0 Å². The van der Waals surface area contributed by atoms with Crippen LogP contribution in [0.5, 0.6) is 0 Å². The van der Waals surface area contributed by atoms with Gasteiger partial charge >= 0.3 is 0 Å². The van der Waals surface area contributed by atoms with Crippen LogP contribution in [0.15, 0.2) is 0 Å². The van der Waals surface area contributed by atoms with Gasteiger partial charge in [0.25, 0.3) is 0 Å². The van der Waals surface area contributed by atoms with Crippen LogP contribution < -0.4 is 10.5 Å². The first-order chi connectivity index (χ1) is 9.53. The molecule has 3 saturated carbocycles. The summed E-state index contributed by atoms with van der Waals surface area (Å²) in [4.78, 5) is 0. The third-order valence-electron chi connectivity index (χ3n) is 5.62. The second-order valence-corrected chi connectivity index (χ2v) is 9.06. The molecule has 2 atom stereocenters. The highest BCUT2D eigenvalue weighted by atomic mass is 35.5. The molecule has 4 nitrogen and oxygen atoms in total. The van der Waals surface area contributed by atoms with Gasteiger partial charge in [0.05, 0.1) is 5.75 Å². The van der Waals surface area contributed by atoms with Crippen LogP contribution in [-0.4, -0.2) is 26.3 Å². The minimum atomic E-state index is -3.11. The maximum Gasteiger partial charge on any atom is 0.212 e. The smallest absolute Gasteiger partial charge is 0.212 e. The number of halogens is 1. The van der Waals surface area contributed by atoms with Crippen LogP contribution in [0.1, 0.15) is 57.8 Å². The molecule has 3 aliphatic carbocycles. The molecular weight excluding hydrogens is 308 g/mol. The summed E-state index contributed by atoms with van der Waals surface area (Å²) in [6, 6.07) is 0.441. The number of nitrogens with two attached hydrogens (primary N) is 1. The minimum Gasteiger partial charge on any atom is -0.328 e. The van der Waals surface area contributed by atoms with Crippen LogP contribution in [0, 0.1) is 17.8 Å². The molecule has 124 valence electrons. The Morgan fingerprint density at radius 3 is 2.10 bits per heavy atom. The predicted molar refractivity (Wildman–Crippen MR) is 88.0 cm³/mol. The molecule has 3 fully saturated rings. The van der Waals surface area contributed by atoms with E-state index in [9.17, 15) is 8.42 Å². The van der Waals surface area contributed by atoms with Crippen molar-refractivity contribution in [2.24, 2.45) is 23.5 Å². The zero-order valence-electron chi connectivity index (χ0n) is 12.7. The quantitative estimate of drug-likeness (QED) is 0.828. The van der Waals surface area contributed by atoms with Crippen LogP contribution in [0.25, 0.3) is 0 Å². The average Bonchev–Trinajstić information content (AvgIpc) is 2.82. The van der Waals surface area contributed by atoms with Gasteiger partial charge in [-0.3, -0.25) is 0 Å². The normalized spacial score (nSPS) is 37.2. The molecule has 0 radical (unpaired) electrons. The standard InChI is InChI=1S/C15H28N2O2S.ClH/c16-14-8-12-6-3-7-13(9-14)15(12)17-20(18,19)10-11-4-1-2-5-11;/h11-15,17H,1-10,16H2;1H. The van der Waals surface area contributed by atoms with Crippen LogP contribution in [0.3, 0.4) is 0 Å². The van der Waals surface area contributed by atoms with E-state index in [0.717, 1.165) is 38.5 Å². The van der Waals surface area contributed by atoms with Gasteiger partial charge in [0.15, 0.2) is 0 Å². The van der Waals surface area contributed by atoms with Gasteiger partial charge in [0, 0.05) is 12.1 Å². The van der Waals surface area contributed by atoms with Gasteiger partial charge in [-0.25, -0.2) is 13.1 Å². The summed E-state index contributed by atoms with van der Waals surface area (Å²) >= 11 is 0. The summed E-state index contributed by atoms with van der Waals surface area (Å²) in [5, 5.41) is 0. The highest BCUT2D eigenvalue weighted by Gasteiger charge is 2.41. The van der Waals surface area contributed by atoms with E-state index in [1.165, 1.54) is 19.3 Å². The lowest BCUT2D eigenvalue weighted by Crippen LogP contribution is -2.54. The molecule has 0 aromatic carbocycles. The largest absolute Gasteiger partial charge is 0.328 e. The molecule has 0 aliphatic heterocycles. The molecule has 3 rings (SSSR count). The summed E-state index contributed by atoms with van der Waals surface area (Å²) in [5.41, 5.74) is 6.11. The third kappa shape index (κ3) is 4.34. The Labute approximate surface area is 135 Å². The Morgan fingerprint density at radius 2 is 1.52 bits per heavy atom. The predicted octanol–water partition coefficient (Wildman–Crippen LogP) is 2.42. The van der Waals surface area contributed by atoms with E-state index in [4.69, 9.17) is 5.73 Å². The lowest BCUT2D eigenvalue weighted by atomic mass is 9.67. The van der Waals surface area contributed by atoms with Gasteiger partial charge in [-0.2, -0.15) is 0 Å². The van der Waals surface area contributed by atoms with E-state index in [-0.39, 0.29) is 24.5 Å². The van der Waals surface area contributed by atoms with Crippen molar-refractivity contribution in [3.63, 3.8) is 0 Å². The van der Waals surface area contributed by atoms with Gasteiger partial charge in [0.1, 0.15) is 0 Å². The van der Waals surface area contributed by atoms with Crippen LogP contribution >= 0.6 is 12.4 Å². The number of rotatable bonds is 4. The molecule has 6 heteroatoms. The monoisotopic (exact) mass is 336 g/mol. The Hall–Kier alpha value is 0.160. The van der Waals surface area contributed by atoms with Crippen LogP contribution in [0.2, 0.25) is 0 Å². The van der Waals surface area contributed by atoms with E-state index in [0.29, 0.717) is 23.5 Å². The number of sulfonamides is 1. The second-order valence-electron chi connectivity index (χ2n) is 7.26.